The van der Waals surface area contributed by atoms with Gasteiger partial charge in [-0.15, -0.1) is 0 Å². The van der Waals surface area contributed by atoms with E-state index in [0.29, 0.717) is 23.8 Å². The Morgan fingerprint density at radius 3 is 2.54 bits per heavy atom. The Morgan fingerprint density at radius 1 is 1.12 bits per heavy atom. The lowest BCUT2D eigenvalue weighted by molar-refractivity contribution is 0.168. The SMILES string of the molecule is CC(NCC(O)c1ccc(F)cc1)c1ncc(-c2ccccc2)o1. The molecule has 0 radical (unpaired) electrons. The van der Waals surface area contributed by atoms with Crippen molar-refractivity contribution in [3.63, 3.8) is 0 Å². The van der Waals surface area contributed by atoms with Gasteiger partial charge in [0.25, 0.3) is 0 Å². The van der Waals surface area contributed by atoms with Crippen LogP contribution in [0.15, 0.2) is 65.2 Å². The summed E-state index contributed by atoms with van der Waals surface area (Å²) in [6.07, 6.45) is 0.968. The summed E-state index contributed by atoms with van der Waals surface area (Å²) < 4.78 is 18.7. The van der Waals surface area contributed by atoms with E-state index < -0.39 is 6.10 Å². The number of nitrogens with zero attached hydrogens (tertiary/aromatic N) is 1. The molecular formula is C19H19FN2O2. The van der Waals surface area contributed by atoms with E-state index in [9.17, 15) is 9.50 Å². The number of hydrogen-bond acceptors (Lipinski definition) is 4. The Hall–Kier alpha value is -2.50. The van der Waals surface area contributed by atoms with Crippen molar-refractivity contribution in [2.24, 2.45) is 0 Å². The van der Waals surface area contributed by atoms with Crippen LogP contribution < -0.4 is 5.32 Å². The van der Waals surface area contributed by atoms with Gasteiger partial charge in [-0.05, 0) is 24.6 Å². The second kappa shape index (κ2) is 7.38. The summed E-state index contributed by atoms with van der Waals surface area (Å²) in [5.41, 5.74) is 1.63. The van der Waals surface area contributed by atoms with Crippen LogP contribution in [0, 0.1) is 5.82 Å². The Morgan fingerprint density at radius 2 is 1.83 bits per heavy atom. The van der Waals surface area contributed by atoms with Crippen molar-refractivity contribution in [2.75, 3.05) is 6.54 Å². The molecule has 0 fully saturated rings. The van der Waals surface area contributed by atoms with Crippen molar-refractivity contribution in [1.29, 1.82) is 0 Å². The van der Waals surface area contributed by atoms with Gasteiger partial charge in [0, 0.05) is 12.1 Å². The minimum atomic E-state index is -0.725. The summed E-state index contributed by atoms with van der Waals surface area (Å²) in [6.45, 7) is 2.23. The molecule has 0 bridgehead atoms. The van der Waals surface area contributed by atoms with Crippen LogP contribution in [0.4, 0.5) is 4.39 Å². The van der Waals surface area contributed by atoms with Gasteiger partial charge in [0.05, 0.1) is 18.3 Å². The number of rotatable bonds is 6. The third-order valence-electron chi connectivity index (χ3n) is 3.82. The third kappa shape index (κ3) is 3.88. The first-order valence-corrected chi connectivity index (χ1v) is 7.81. The monoisotopic (exact) mass is 326 g/mol. The van der Waals surface area contributed by atoms with Crippen LogP contribution >= 0.6 is 0 Å². The highest BCUT2D eigenvalue weighted by molar-refractivity contribution is 5.55. The van der Waals surface area contributed by atoms with Gasteiger partial charge in [-0.1, -0.05) is 42.5 Å². The predicted molar refractivity (Wildman–Crippen MR) is 89.7 cm³/mol. The fourth-order valence-electron chi connectivity index (χ4n) is 2.40. The smallest absolute Gasteiger partial charge is 0.211 e. The fraction of sp³-hybridized carbons (Fsp3) is 0.211. The average Bonchev–Trinajstić information content (AvgIpc) is 3.11. The number of halogens is 1. The lowest BCUT2D eigenvalue weighted by Crippen LogP contribution is -2.24. The van der Waals surface area contributed by atoms with E-state index in [1.807, 2.05) is 37.3 Å². The standard InChI is InChI=1S/C19H19FN2O2/c1-13(21-11-17(23)14-7-9-16(20)10-8-14)19-22-12-18(24-19)15-5-3-2-4-6-15/h2-10,12-13,17,21,23H,11H2,1H3. The predicted octanol–water partition coefficient (Wildman–Crippen LogP) is 3.86. The Balaban J connectivity index is 1.60. The molecule has 0 amide bonds. The number of aliphatic hydroxyl groups excluding tert-OH is 1. The van der Waals surface area contributed by atoms with E-state index in [1.165, 1.54) is 12.1 Å². The summed E-state index contributed by atoms with van der Waals surface area (Å²) in [4.78, 5) is 4.29. The van der Waals surface area contributed by atoms with Gasteiger partial charge in [0.15, 0.2) is 5.76 Å². The number of benzene rings is 2. The second-order valence-electron chi connectivity index (χ2n) is 5.63. The number of nitrogens with one attached hydrogen (secondary N) is 1. The molecule has 0 saturated carbocycles. The summed E-state index contributed by atoms with van der Waals surface area (Å²) >= 11 is 0. The topological polar surface area (TPSA) is 58.3 Å². The highest BCUT2D eigenvalue weighted by Gasteiger charge is 2.15. The zero-order valence-corrected chi connectivity index (χ0v) is 13.3. The van der Waals surface area contributed by atoms with Gasteiger partial charge in [-0.2, -0.15) is 0 Å². The average molecular weight is 326 g/mol. The van der Waals surface area contributed by atoms with Crippen molar-refractivity contribution in [1.82, 2.24) is 10.3 Å². The van der Waals surface area contributed by atoms with E-state index in [-0.39, 0.29) is 11.9 Å². The molecule has 1 heterocycles. The highest BCUT2D eigenvalue weighted by Crippen LogP contribution is 2.23. The molecule has 0 saturated heterocycles. The minimum absolute atomic E-state index is 0.155. The normalized spacial score (nSPS) is 13.6. The van der Waals surface area contributed by atoms with Crippen LogP contribution in [0.5, 0.6) is 0 Å². The molecule has 5 heteroatoms. The molecule has 0 aliphatic carbocycles. The molecule has 3 rings (SSSR count). The van der Waals surface area contributed by atoms with Crippen LogP contribution in [0.1, 0.15) is 30.5 Å². The highest BCUT2D eigenvalue weighted by atomic mass is 19.1. The van der Waals surface area contributed by atoms with E-state index in [1.54, 1.807) is 18.3 Å². The Kier molecular flexibility index (Phi) is 5.03. The molecule has 0 spiro atoms. The van der Waals surface area contributed by atoms with Crippen LogP contribution in [0.25, 0.3) is 11.3 Å². The molecular weight excluding hydrogens is 307 g/mol. The molecule has 0 aliphatic heterocycles. The van der Waals surface area contributed by atoms with Crippen molar-refractivity contribution in [2.45, 2.75) is 19.1 Å². The quantitative estimate of drug-likeness (QED) is 0.722. The Bertz CT molecular complexity index is 772. The maximum Gasteiger partial charge on any atom is 0.211 e. The summed E-state index contributed by atoms with van der Waals surface area (Å²) in [5, 5.41) is 13.3. The second-order valence-corrected chi connectivity index (χ2v) is 5.63. The maximum atomic E-state index is 12.9. The molecule has 2 aromatic carbocycles. The number of oxazole rings is 1. The largest absolute Gasteiger partial charge is 0.439 e. The molecule has 0 aliphatic rings. The van der Waals surface area contributed by atoms with Gasteiger partial charge >= 0.3 is 0 Å². The molecule has 24 heavy (non-hydrogen) atoms. The first-order chi connectivity index (χ1) is 11.6. The molecule has 3 aromatic rings. The van der Waals surface area contributed by atoms with Crippen molar-refractivity contribution in [3.05, 3.63) is 78.1 Å². The summed E-state index contributed by atoms with van der Waals surface area (Å²) in [6, 6.07) is 15.4. The van der Waals surface area contributed by atoms with Crippen LogP contribution in [0.3, 0.4) is 0 Å². The van der Waals surface area contributed by atoms with E-state index in [0.717, 1.165) is 5.56 Å². The first kappa shape index (κ1) is 16.4. The maximum absolute atomic E-state index is 12.9. The van der Waals surface area contributed by atoms with Gasteiger partial charge in [-0.25, -0.2) is 9.37 Å². The fourth-order valence-corrected chi connectivity index (χ4v) is 2.40. The first-order valence-electron chi connectivity index (χ1n) is 7.81. The van der Waals surface area contributed by atoms with E-state index in [2.05, 4.69) is 10.3 Å². The van der Waals surface area contributed by atoms with Gasteiger partial charge in [0.1, 0.15) is 5.82 Å². The van der Waals surface area contributed by atoms with Gasteiger partial charge in [0.2, 0.25) is 5.89 Å². The van der Waals surface area contributed by atoms with Crippen molar-refractivity contribution in [3.8, 4) is 11.3 Å². The molecule has 2 N–H and O–H groups in total. The number of aromatic nitrogens is 1. The van der Waals surface area contributed by atoms with Crippen LogP contribution in [-0.4, -0.2) is 16.6 Å². The lowest BCUT2D eigenvalue weighted by Gasteiger charge is -2.15. The lowest BCUT2D eigenvalue weighted by atomic mass is 10.1. The van der Waals surface area contributed by atoms with Gasteiger partial charge < -0.3 is 14.8 Å². The minimum Gasteiger partial charge on any atom is -0.439 e. The Labute approximate surface area is 140 Å². The summed E-state index contributed by atoms with van der Waals surface area (Å²) in [7, 11) is 0. The van der Waals surface area contributed by atoms with E-state index in [4.69, 9.17) is 4.42 Å². The van der Waals surface area contributed by atoms with E-state index >= 15 is 0 Å². The van der Waals surface area contributed by atoms with Gasteiger partial charge in [-0.3, -0.25) is 0 Å². The van der Waals surface area contributed by atoms with Crippen LogP contribution in [-0.2, 0) is 0 Å². The van der Waals surface area contributed by atoms with Crippen molar-refractivity contribution < 1.29 is 13.9 Å². The molecule has 2 atom stereocenters. The molecule has 2 unspecified atom stereocenters. The molecule has 124 valence electrons. The third-order valence-corrected chi connectivity index (χ3v) is 3.82. The zero-order valence-electron chi connectivity index (χ0n) is 13.3. The van der Waals surface area contributed by atoms with Crippen LogP contribution in [0.2, 0.25) is 0 Å². The van der Waals surface area contributed by atoms with Crippen molar-refractivity contribution >= 4 is 0 Å². The molecule has 1 aromatic heterocycles. The number of hydrogen-bond donors (Lipinski definition) is 2. The summed E-state index contributed by atoms with van der Waals surface area (Å²) in [5.74, 6) is 0.944. The zero-order chi connectivity index (χ0) is 16.9. The number of aliphatic hydroxyl groups is 1. The molecule has 4 nitrogen and oxygen atoms in total.